The quantitative estimate of drug-likeness (QED) is 0.692. The van der Waals surface area contributed by atoms with Crippen molar-refractivity contribution in [1.29, 1.82) is 0 Å². The molecule has 7 nitrogen and oxygen atoms in total. The molecule has 1 amide bonds. The van der Waals surface area contributed by atoms with E-state index in [0.717, 1.165) is 15.0 Å². The maximum atomic E-state index is 12.2. The second-order valence-electron chi connectivity index (χ2n) is 4.79. The minimum absolute atomic E-state index is 0.0593. The number of methoxy groups -OCH3 is 2. The van der Waals surface area contributed by atoms with Crippen LogP contribution in [-0.4, -0.2) is 42.6 Å². The van der Waals surface area contributed by atoms with Gasteiger partial charge in [-0.2, -0.15) is 0 Å². The first kappa shape index (κ1) is 18.3. The molecule has 0 fully saturated rings. The maximum Gasteiger partial charge on any atom is 0.233 e. The van der Waals surface area contributed by atoms with Gasteiger partial charge in [-0.25, -0.2) is 0 Å². The predicted octanol–water partition coefficient (Wildman–Crippen LogP) is 2.39. The summed E-state index contributed by atoms with van der Waals surface area (Å²) in [4.78, 5) is 12.2. The first-order chi connectivity index (χ1) is 11.6. The van der Waals surface area contributed by atoms with Crippen LogP contribution in [0.3, 0.4) is 0 Å². The topological polar surface area (TPSA) is 85.4 Å². The van der Waals surface area contributed by atoms with Crippen LogP contribution < -0.4 is 20.1 Å². The van der Waals surface area contributed by atoms with Crippen molar-refractivity contribution < 1.29 is 14.3 Å². The molecule has 0 unspecified atom stereocenters. The van der Waals surface area contributed by atoms with Crippen molar-refractivity contribution in [2.45, 2.75) is 23.1 Å². The van der Waals surface area contributed by atoms with E-state index in [4.69, 9.17) is 9.47 Å². The zero-order valence-corrected chi connectivity index (χ0v) is 15.6. The Morgan fingerprint density at radius 3 is 2.67 bits per heavy atom. The van der Waals surface area contributed by atoms with Crippen molar-refractivity contribution in [2.24, 2.45) is 0 Å². The molecule has 0 aliphatic rings. The Hall–Kier alpha value is -2.00. The Morgan fingerprint density at radius 2 is 2.04 bits per heavy atom. The van der Waals surface area contributed by atoms with E-state index in [1.54, 1.807) is 21.3 Å². The van der Waals surface area contributed by atoms with Crippen LogP contribution in [0.1, 0.15) is 12.5 Å². The van der Waals surface area contributed by atoms with Crippen LogP contribution in [0.2, 0.25) is 0 Å². The zero-order chi connectivity index (χ0) is 17.5. The van der Waals surface area contributed by atoms with E-state index < -0.39 is 0 Å². The summed E-state index contributed by atoms with van der Waals surface area (Å²) >= 11 is 2.81. The summed E-state index contributed by atoms with van der Waals surface area (Å²) in [6.45, 7) is 2.26. The van der Waals surface area contributed by atoms with Gasteiger partial charge in [0.15, 0.2) is 15.8 Å². The van der Waals surface area contributed by atoms with Gasteiger partial charge in [0.05, 0.1) is 19.5 Å². The minimum atomic E-state index is -0.261. The molecule has 1 heterocycles. The van der Waals surface area contributed by atoms with E-state index in [0.29, 0.717) is 18.0 Å². The monoisotopic (exact) mass is 368 g/mol. The third kappa shape index (κ3) is 4.75. The zero-order valence-electron chi connectivity index (χ0n) is 14.0. The van der Waals surface area contributed by atoms with Crippen LogP contribution in [0.4, 0.5) is 5.13 Å². The number of ether oxygens (including phenoxy) is 2. The van der Waals surface area contributed by atoms with Crippen LogP contribution in [0, 0.1) is 0 Å². The number of amides is 1. The molecule has 1 atom stereocenters. The summed E-state index contributed by atoms with van der Waals surface area (Å²) in [6.07, 6.45) is 0. The predicted molar refractivity (Wildman–Crippen MR) is 96.2 cm³/mol. The Morgan fingerprint density at radius 1 is 1.29 bits per heavy atom. The molecule has 1 aromatic carbocycles. The molecule has 0 bridgehead atoms. The fraction of sp³-hybridized carbons (Fsp3) is 0.400. The summed E-state index contributed by atoms with van der Waals surface area (Å²) in [5.41, 5.74) is 0.937. The molecule has 0 spiro atoms. The van der Waals surface area contributed by atoms with Gasteiger partial charge in [0, 0.05) is 13.6 Å². The highest BCUT2D eigenvalue weighted by Gasteiger charge is 2.17. The first-order valence-corrected chi connectivity index (χ1v) is 8.93. The standard InChI is InChI=1S/C15H20N4O3S2/c1-9(23-15-19-18-14(16-2)24-15)13(20)17-8-10-5-6-11(21-3)12(7-10)22-4/h5-7,9H,8H2,1-4H3,(H,16,18)(H,17,20)/t9-/m1/s1. The van der Waals surface area contributed by atoms with Crippen LogP contribution in [0.15, 0.2) is 22.5 Å². The number of nitrogens with zero attached hydrogens (tertiary/aromatic N) is 2. The lowest BCUT2D eigenvalue weighted by molar-refractivity contribution is -0.120. The molecule has 130 valence electrons. The highest BCUT2D eigenvalue weighted by molar-refractivity contribution is 8.02. The van der Waals surface area contributed by atoms with Crippen LogP contribution in [0.25, 0.3) is 0 Å². The average Bonchev–Trinajstić information content (AvgIpc) is 3.06. The van der Waals surface area contributed by atoms with Crippen molar-refractivity contribution in [3.63, 3.8) is 0 Å². The van der Waals surface area contributed by atoms with E-state index in [1.165, 1.54) is 23.1 Å². The molecule has 2 N–H and O–H groups in total. The van der Waals surface area contributed by atoms with E-state index in [2.05, 4.69) is 20.8 Å². The minimum Gasteiger partial charge on any atom is -0.493 e. The summed E-state index contributed by atoms with van der Waals surface area (Å²) in [5.74, 6) is 1.24. The molecular weight excluding hydrogens is 348 g/mol. The molecule has 2 rings (SSSR count). The highest BCUT2D eigenvalue weighted by Crippen LogP contribution is 2.29. The third-order valence-electron chi connectivity index (χ3n) is 3.18. The number of nitrogens with one attached hydrogen (secondary N) is 2. The second-order valence-corrected chi connectivity index (χ2v) is 7.36. The van der Waals surface area contributed by atoms with Crippen molar-refractivity contribution in [2.75, 3.05) is 26.6 Å². The van der Waals surface area contributed by atoms with Gasteiger partial charge in [-0.3, -0.25) is 4.79 Å². The van der Waals surface area contributed by atoms with Gasteiger partial charge in [-0.05, 0) is 24.6 Å². The van der Waals surface area contributed by atoms with Gasteiger partial charge >= 0.3 is 0 Å². The number of hydrogen-bond acceptors (Lipinski definition) is 8. The molecule has 9 heteroatoms. The van der Waals surface area contributed by atoms with E-state index in [-0.39, 0.29) is 11.2 Å². The molecule has 1 aromatic heterocycles. The Kier molecular flexibility index (Phi) is 6.68. The molecule has 2 aromatic rings. The maximum absolute atomic E-state index is 12.2. The van der Waals surface area contributed by atoms with Crippen LogP contribution in [0.5, 0.6) is 11.5 Å². The number of carbonyl (C=O) groups excluding carboxylic acids is 1. The highest BCUT2D eigenvalue weighted by atomic mass is 32.2. The van der Waals surface area contributed by atoms with Gasteiger partial charge in [-0.15, -0.1) is 10.2 Å². The van der Waals surface area contributed by atoms with E-state index in [1.807, 2.05) is 25.1 Å². The molecular formula is C15H20N4O3S2. The summed E-state index contributed by atoms with van der Waals surface area (Å²) in [7, 11) is 4.96. The number of aromatic nitrogens is 2. The van der Waals surface area contributed by atoms with Gasteiger partial charge < -0.3 is 20.1 Å². The molecule has 0 radical (unpaired) electrons. The fourth-order valence-electron chi connectivity index (χ4n) is 1.89. The smallest absolute Gasteiger partial charge is 0.233 e. The summed E-state index contributed by atoms with van der Waals surface area (Å²) in [5, 5.41) is 14.3. The Bertz CT molecular complexity index is 693. The largest absolute Gasteiger partial charge is 0.493 e. The average molecular weight is 368 g/mol. The second kappa shape index (κ2) is 8.74. The number of rotatable bonds is 8. The molecule has 0 aliphatic carbocycles. The number of benzene rings is 1. The van der Waals surface area contributed by atoms with Crippen LogP contribution in [-0.2, 0) is 11.3 Å². The molecule has 24 heavy (non-hydrogen) atoms. The number of anilines is 1. The summed E-state index contributed by atoms with van der Waals surface area (Å²) < 4.78 is 11.2. The van der Waals surface area contributed by atoms with Crippen molar-refractivity contribution >= 4 is 34.1 Å². The normalized spacial score (nSPS) is 11.7. The third-order valence-corrected chi connectivity index (χ3v) is 5.31. The Balaban J connectivity index is 1.90. The molecule has 0 aliphatic heterocycles. The lowest BCUT2D eigenvalue weighted by Crippen LogP contribution is -2.30. The van der Waals surface area contributed by atoms with Gasteiger partial charge in [-0.1, -0.05) is 29.2 Å². The summed E-state index contributed by atoms with van der Waals surface area (Å²) in [6, 6.07) is 5.56. The lowest BCUT2D eigenvalue weighted by Gasteiger charge is -2.12. The first-order valence-electron chi connectivity index (χ1n) is 7.24. The van der Waals surface area contributed by atoms with Crippen molar-refractivity contribution in [1.82, 2.24) is 15.5 Å². The number of hydrogen-bond donors (Lipinski definition) is 2. The fourth-order valence-corrected chi connectivity index (χ4v) is 3.76. The molecule has 0 saturated carbocycles. The number of carbonyl (C=O) groups is 1. The van der Waals surface area contributed by atoms with Crippen molar-refractivity contribution in [3.05, 3.63) is 23.8 Å². The lowest BCUT2D eigenvalue weighted by atomic mass is 10.2. The molecule has 0 saturated heterocycles. The number of thioether (sulfide) groups is 1. The van der Waals surface area contributed by atoms with Gasteiger partial charge in [0.1, 0.15) is 0 Å². The van der Waals surface area contributed by atoms with Gasteiger partial charge in [0.25, 0.3) is 0 Å². The van der Waals surface area contributed by atoms with E-state index >= 15 is 0 Å². The SMILES string of the molecule is CNc1nnc(S[C@H](C)C(=O)NCc2ccc(OC)c(OC)c2)s1. The van der Waals surface area contributed by atoms with Crippen LogP contribution >= 0.6 is 23.1 Å². The van der Waals surface area contributed by atoms with Gasteiger partial charge in [0.2, 0.25) is 11.0 Å². The Labute approximate surface area is 149 Å². The van der Waals surface area contributed by atoms with Crippen molar-refractivity contribution in [3.8, 4) is 11.5 Å². The van der Waals surface area contributed by atoms with E-state index in [9.17, 15) is 4.79 Å².